The maximum Gasteiger partial charge on any atom is 0.416 e. The molecule has 0 aliphatic rings. The Bertz CT molecular complexity index is 1010. The Balaban J connectivity index is 1.76. The number of hydrogen-bond donors (Lipinski definition) is 0. The summed E-state index contributed by atoms with van der Waals surface area (Å²) in [6.45, 7) is 0. The lowest BCUT2D eigenvalue weighted by molar-refractivity contribution is -0.137. The lowest BCUT2D eigenvalue weighted by atomic mass is 10.1. The largest absolute Gasteiger partial charge is 0.416 e. The van der Waals surface area contributed by atoms with Crippen LogP contribution in [0, 0.1) is 0 Å². The second-order valence-electron chi connectivity index (χ2n) is 5.09. The van der Waals surface area contributed by atoms with E-state index >= 15 is 0 Å². The van der Waals surface area contributed by atoms with Crippen molar-refractivity contribution in [1.82, 2.24) is 9.97 Å². The van der Waals surface area contributed by atoms with Gasteiger partial charge in [-0.05, 0) is 30.3 Å². The fourth-order valence-corrected chi connectivity index (χ4v) is 4.52. The molecule has 2 heterocycles. The Morgan fingerprint density at radius 1 is 0.958 bits per heavy atom. The average molecular weight is 362 g/mol. The van der Waals surface area contributed by atoms with Crippen molar-refractivity contribution in [3.8, 4) is 0 Å². The van der Waals surface area contributed by atoms with Gasteiger partial charge in [0.05, 0.1) is 21.3 Å². The second kappa shape index (κ2) is 5.75. The zero-order valence-electron chi connectivity index (χ0n) is 12.0. The van der Waals surface area contributed by atoms with E-state index in [4.69, 9.17) is 0 Å². The fraction of sp³-hybridized carbons (Fsp3) is 0.0588. The lowest BCUT2D eigenvalue weighted by Crippen LogP contribution is -2.04. The monoisotopic (exact) mass is 362 g/mol. The summed E-state index contributed by atoms with van der Waals surface area (Å²) in [4.78, 5) is 9.46. The van der Waals surface area contributed by atoms with Crippen LogP contribution in [0.1, 0.15) is 5.56 Å². The first-order valence-corrected chi connectivity index (χ1v) is 8.63. The van der Waals surface area contributed by atoms with Gasteiger partial charge in [0.15, 0.2) is 4.34 Å². The maximum atomic E-state index is 12.8. The molecule has 0 unspecified atom stereocenters. The summed E-state index contributed by atoms with van der Waals surface area (Å²) in [6.07, 6.45) is -2.84. The SMILES string of the molecule is FC(F)(F)c1ccc2c(Sc3nc4ccccc4s3)ccnc2c1. The quantitative estimate of drug-likeness (QED) is 0.436. The zero-order chi connectivity index (χ0) is 16.7. The average Bonchev–Trinajstić information content (AvgIpc) is 2.96. The molecule has 120 valence electrons. The van der Waals surface area contributed by atoms with Gasteiger partial charge in [-0.3, -0.25) is 4.98 Å². The predicted octanol–water partition coefficient (Wildman–Crippen LogP) is 6.01. The van der Waals surface area contributed by atoms with E-state index in [2.05, 4.69) is 9.97 Å². The summed E-state index contributed by atoms with van der Waals surface area (Å²) in [5.74, 6) is 0. The van der Waals surface area contributed by atoms with Crippen molar-refractivity contribution in [3.05, 3.63) is 60.3 Å². The molecule has 0 atom stereocenters. The highest BCUT2D eigenvalue weighted by Crippen LogP contribution is 2.38. The molecule has 24 heavy (non-hydrogen) atoms. The van der Waals surface area contributed by atoms with Crippen molar-refractivity contribution < 1.29 is 13.2 Å². The number of nitrogens with zero attached hydrogens (tertiary/aromatic N) is 2. The van der Waals surface area contributed by atoms with Gasteiger partial charge >= 0.3 is 6.18 Å². The normalized spacial score (nSPS) is 12.1. The molecule has 0 N–H and O–H groups in total. The van der Waals surface area contributed by atoms with Crippen LogP contribution in [-0.2, 0) is 6.18 Å². The number of aromatic nitrogens is 2. The maximum absolute atomic E-state index is 12.8. The second-order valence-corrected chi connectivity index (χ2v) is 7.41. The van der Waals surface area contributed by atoms with E-state index in [0.29, 0.717) is 10.9 Å². The first-order valence-electron chi connectivity index (χ1n) is 7.00. The molecule has 0 saturated carbocycles. The summed E-state index contributed by atoms with van der Waals surface area (Å²) < 4.78 is 40.5. The third-order valence-corrected chi connectivity index (χ3v) is 5.67. The van der Waals surface area contributed by atoms with Crippen molar-refractivity contribution in [2.24, 2.45) is 0 Å². The molecule has 0 amide bonds. The standard InChI is InChI=1S/C17H9F3N2S2/c18-17(19,20)10-5-6-11-13(9-10)21-8-7-14(11)23-16-22-12-3-1-2-4-15(12)24-16/h1-9H. The highest BCUT2D eigenvalue weighted by molar-refractivity contribution is 8.01. The Morgan fingerprint density at radius 3 is 2.58 bits per heavy atom. The molecule has 0 radical (unpaired) electrons. The van der Waals surface area contributed by atoms with Crippen LogP contribution in [0.5, 0.6) is 0 Å². The highest BCUT2D eigenvalue weighted by atomic mass is 32.2. The number of pyridine rings is 1. The van der Waals surface area contributed by atoms with Crippen LogP contribution in [0.2, 0.25) is 0 Å². The van der Waals surface area contributed by atoms with E-state index < -0.39 is 11.7 Å². The third-order valence-electron chi connectivity index (χ3n) is 3.50. The van der Waals surface area contributed by atoms with Crippen molar-refractivity contribution in [3.63, 3.8) is 0 Å². The summed E-state index contributed by atoms with van der Waals surface area (Å²) >= 11 is 3.00. The molecule has 2 nitrogen and oxygen atoms in total. The Kier molecular flexibility index (Phi) is 3.69. The van der Waals surface area contributed by atoms with Gasteiger partial charge in [-0.25, -0.2) is 4.98 Å². The molecule has 0 aliphatic heterocycles. The van der Waals surface area contributed by atoms with Crippen LogP contribution in [0.15, 0.2) is 64.0 Å². The molecule has 2 aromatic heterocycles. The summed E-state index contributed by atoms with van der Waals surface area (Å²) in [6, 6.07) is 13.3. The Morgan fingerprint density at radius 2 is 1.79 bits per heavy atom. The molecule has 4 aromatic rings. The number of fused-ring (bicyclic) bond motifs is 2. The van der Waals surface area contributed by atoms with Crippen LogP contribution in [-0.4, -0.2) is 9.97 Å². The third kappa shape index (κ3) is 2.85. The van der Waals surface area contributed by atoms with Gasteiger partial charge in [-0.2, -0.15) is 13.2 Å². The number of benzene rings is 2. The van der Waals surface area contributed by atoms with Crippen LogP contribution in [0.4, 0.5) is 13.2 Å². The highest BCUT2D eigenvalue weighted by Gasteiger charge is 2.30. The Hall–Kier alpha value is -2.12. The number of hydrogen-bond acceptors (Lipinski definition) is 4. The van der Waals surface area contributed by atoms with Crippen molar-refractivity contribution in [2.75, 3.05) is 0 Å². The molecular weight excluding hydrogens is 353 g/mol. The van der Waals surface area contributed by atoms with Gasteiger partial charge in [-0.1, -0.05) is 30.0 Å². The number of para-hydroxylation sites is 1. The molecular formula is C17H9F3N2S2. The first kappa shape index (κ1) is 15.4. The van der Waals surface area contributed by atoms with Crippen LogP contribution in [0.25, 0.3) is 21.1 Å². The van der Waals surface area contributed by atoms with E-state index in [9.17, 15) is 13.2 Å². The minimum absolute atomic E-state index is 0.330. The number of thiazole rings is 1. The fourth-order valence-electron chi connectivity index (χ4n) is 2.38. The van der Waals surface area contributed by atoms with Gasteiger partial charge in [-0.15, -0.1) is 11.3 Å². The lowest BCUT2D eigenvalue weighted by Gasteiger charge is -2.09. The van der Waals surface area contributed by atoms with Gasteiger partial charge in [0.25, 0.3) is 0 Å². The molecule has 4 rings (SSSR count). The molecule has 7 heteroatoms. The molecule has 0 saturated heterocycles. The van der Waals surface area contributed by atoms with E-state index in [-0.39, 0.29) is 0 Å². The van der Waals surface area contributed by atoms with E-state index in [0.717, 1.165) is 31.6 Å². The van der Waals surface area contributed by atoms with Gasteiger partial charge < -0.3 is 0 Å². The minimum Gasteiger partial charge on any atom is -0.256 e. The number of rotatable bonds is 2. The smallest absolute Gasteiger partial charge is 0.256 e. The van der Waals surface area contributed by atoms with Crippen LogP contribution in [0.3, 0.4) is 0 Å². The molecule has 0 aliphatic carbocycles. The van der Waals surface area contributed by atoms with Gasteiger partial charge in [0, 0.05) is 16.5 Å². The molecule has 0 bridgehead atoms. The van der Waals surface area contributed by atoms with Crippen molar-refractivity contribution >= 4 is 44.2 Å². The number of alkyl halides is 3. The van der Waals surface area contributed by atoms with Crippen LogP contribution >= 0.6 is 23.1 Å². The topological polar surface area (TPSA) is 25.8 Å². The van der Waals surface area contributed by atoms with Crippen molar-refractivity contribution in [1.29, 1.82) is 0 Å². The van der Waals surface area contributed by atoms with E-state index in [1.807, 2.05) is 24.3 Å². The minimum atomic E-state index is -4.37. The molecule has 0 fully saturated rings. The first-order chi connectivity index (χ1) is 11.5. The van der Waals surface area contributed by atoms with Gasteiger partial charge in [0.2, 0.25) is 0 Å². The predicted molar refractivity (Wildman–Crippen MR) is 90.5 cm³/mol. The van der Waals surface area contributed by atoms with Crippen LogP contribution < -0.4 is 0 Å². The summed E-state index contributed by atoms with van der Waals surface area (Å²) in [5, 5.41) is 0.690. The van der Waals surface area contributed by atoms with E-state index in [1.54, 1.807) is 17.4 Å². The molecule has 0 spiro atoms. The Labute approximate surface area is 143 Å². The number of halogens is 3. The van der Waals surface area contributed by atoms with E-state index in [1.165, 1.54) is 24.0 Å². The molecule has 2 aromatic carbocycles. The summed E-state index contributed by atoms with van der Waals surface area (Å²) in [7, 11) is 0. The van der Waals surface area contributed by atoms with Crippen molar-refractivity contribution in [2.45, 2.75) is 15.4 Å². The van der Waals surface area contributed by atoms with Gasteiger partial charge in [0.1, 0.15) is 0 Å². The summed E-state index contributed by atoms with van der Waals surface area (Å²) in [5.41, 5.74) is 0.559. The zero-order valence-corrected chi connectivity index (χ0v) is 13.7.